The van der Waals surface area contributed by atoms with Gasteiger partial charge in [0.25, 0.3) is 0 Å². The summed E-state index contributed by atoms with van der Waals surface area (Å²) in [5, 5.41) is 3.26. The highest BCUT2D eigenvalue weighted by molar-refractivity contribution is 7.09. The van der Waals surface area contributed by atoms with Gasteiger partial charge in [-0.2, -0.15) is 0 Å². The molecule has 1 atom stereocenters. The Hall–Kier alpha value is -0.160. The smallest absolute Gasteiger partial charge is 0.0798 e. The Kier molecular flexibility index (Phi) is 5.69. The van der Waals surface area contributed by atoms with E-state index >= 15 is 0 Å². The van der Waals surface area contributed by atoms with Gasteiger partial charge in [0.1, 0.15) is 0 Å². The first kappa shape index (κ1) is 13.9. The molecule has 1 aromatic heterocycles. The maximum absolute atomic E-state index is 4.29. The zero-order valence-corrected chi connectivity index (χ0v) is 11.5. The van der Waals surface area contributed by atoms with Crippen LogP contribution < -0.4 is 5.32 Å². The van der Waals surface area contributed by atoms with Crippen LogP contribution >= 0.6 is 23.7 Å². The fraction of sp³-hybridized carbons (Fsp3) is 0.727. The molecule has 0 radical (unpaired) electrons. The number of nitrogens with zero attached hydrogens (tertiary/aromatic N) is 2. The summed E-state index contributed by atoms with van der Waals surface area (Å²) in [6, 6.07) is 0. The maximum Gasteiger partial charge on any atom is 0.0798 e. The third kappa shape index (κ3) is 3.42. The maximum atomic E-state index is 4.29. The molecule has 16 heavy (non-hydrogen) atoms. The number of nitrogens with one attached hydrogen (secondary N) is 1. The third-order valence-corrected chi connectivity index (χ3v) is 3.99. The lowest BCUT2D eigenvalue weighted by Gasteiger charge is -2.15. The van der Waals surface area contributed by atoms with Crippen molar-refractivity contribution in [3.63, 3.8) is 0 Å². The first-order valence-electron chi connectivity index (χ1n) is 5.55. The normalized spacial score (nSPS) is 21.0. The van der Waals surface area contributed by atoms with Crippen molar-refractivity contribution in [2.45, 2.75) is 19.9 Å². The van der Waals surface area contributed by atoms with Crippen LogP contribution in [0.25, 0.3) is 0 Å². The van der Waals surface area contributed by atoms with E-state index in [2.05, 4.69) is 22.1 Å². The molecule has 1 saturated heterocycles. The molecular weight excluding hydrogens is 242 g/mol. The van der Waals surface area contributed by atoms with Crippen molar-refractivity contribution in [1.82, 2.24) is 15.2 Å². The van der Waals surface area contributed by atoms with Gasteiger partial charge in [-0.3, -0.25) is 4.90 Å². The van der Waals surface area contributed by atoms with E-state index in [1.807, 2.05) is 12.6 Å². The first-order chi connectivity index (χ1) is 7.29. The van der Waals surface area contributed by atoms with Crippen LogP contribution in [0.4, 0.5) is 0 Å². The molecule has 1 unspecified atom stereocenters. The molecule has 1 aliphatic heterocycles. The van der Waals surface area contributed by atoms with E-state index < -0.39 is 0 Å². The van der Waals surface area contributed by atoms with Gasteiger partial charge in [0.2, 0.25) is 0 Å². The van der Waals surface area contributed by atoms with E-state index in [9.17, 15) is 0 Å². The van der Waals surface area contributed by atoms with Crippen LogP contribution in [0.5, 0.6) is 0 Å². The van der Waals surface area contributed by atoms with Gasteiger partial charge in [-0.15, -0.1) is 23.7 Å². The van der Waals surface area contributed by atoms with Crippen molar-refractivity contribution < 1.29 is 0 Å². The molecule has 1 aromatic rings. The Morgan fingerprint density at radius 2 is 2.44 bits per heavy atom. The predicted octanol–water partition coefficient (Wildman–Crippen LogP) is 1.91. The Labute approximate surface area is 108 Å². The number of aryl methyl sites for hydroxylation is 1. The molecule has 0 bridgehead atoms. The van der Waals surface area contributed by atoms with E-state index in [1.165, 1.54) is 30.1 Å². The lowest BCUT2D eigenvalue weighted by Crippen LogP contribution is -2.24. The number of halogens is 1. The molecule has 1 aliphatic rings. The fourth-order valence-corrected chi connectivity index (χ4v) is 3.01. The summed E-state index contributed by atoms with van der Waals surface area (Å²) in [6.07, 6.45) is 1.33. The summed E-state index contributed by atoms with van der Waals surface area (Å²) in [6.45, 7) is 6.82. The minimum Gasteiger partial charge on any atom is -0.319 e. The van der Waals surface area contributed by atoms with Crippen molar-refractivity contribution in [2.75, 3.05) is 26.7 Å². The quantitative estimate of drug-likeness (QED) is 0.898. The van der Waals surface area contributed by atoms with Crippen molar-refractivity contribution in [2.24, 2.45) is 5.92 Å². The van der Waals surface area contributed by atoms with Crippen LogP contribution in [0.2, 0.25) is 0 Å². The summed E-state index contributed by atoms with van der Waals surface area (Å²) in [5.74, 6) is 0.836. The molecule has 0 aliphatic carbocycles. The van der Waals surface area contributed by atoms with Gasteiger partial charge >= 0.3 is 0 Å². The van der Waals surface area contributed by atoms with Crippen LogP contribution in [0.1, 0.15) is 17.0 Å². The molecule has 0 amide bonds. The molecule has 5 heteroatoms. The molecule has 0 saturated carbocycles. The average Bonchev–Trinajstić information content (AvgIpc) is 2.79. The van der Waals surface area contributed by atoms with Crippen LogP contribution in [-0.2, 0) is 6.54 Å². The molecular formula is C11H20ClN3S. The highest BCUT2D eigenvalue weighted by atomic mass is 35.5. The van der Waals surface area contributed by atoms with Crippen LogP contribution in [0, 0.1) is 12.8 Å². The van der Waals surface area contributed by atoms with Crippen molar-refractivity contribution in [1.29, 1.82) is 0 Å². The third-order valence-electron chi connectivity index (χ3n) is 3.07. The zero-order chi connectivity index (χ0) is 10.7. The number of aromatic nitrogens is 1. The number of thiazole rings is 1. The fourth-order valence-electron chi connectivity index (χ4n) is 2.19. The molecule has 0 aromatic carbocycles. The lowest BCUT2D eigenvalue weighted by molar-refractivity contribution is 0.317. The number of likely N-dealkylation sites (tertiary alicyclic amines) is 1. The van der Waals surface area contributed by atoms with Crippen molar-refractivity contribution in [3.05, 3.63) is 16.1 Å². The average molecular weight is 262 g/mol. The van der Waals surface area contributed by atoms with Gasteiger partial charge in [-0.05, 0) is 39.4 Å². The standard InChI is InChI=1S/C11H19N3S.ClH/c1-9-11(15-8-13-9)7-14-4-3-10(6-14)5-12-2;/h8,10,12H,3-7H2,1-2H3;1H. The Morgan fingerprint density at radius 1 is 1.62 bits per heavy atom. The second kappa shape index (κ2) is 6.55. The van der Waals surface area contributed by atoms with Gasteiger partial charge in [-0.1, -0.05) is 0 Å². The van der Waals surface area contributed by atoms with Gasteiger partial charge in [0, 0.05) is 18.0 Å². The van der Waals surface area contributed by atoms with E-state index in [1.54, 1.807) is 11.3 Å². The number of rotatable bonds is 4. The predicted molar refractivity (Wildman–Crippen MR) is 71.4 cm³/mol. The summed E-state index contributed by atoms with van der Waals surface area (Å²) < 4.78 is 0. The van der Waals surface area contributed by atoms with E-state index in [4.69, 9.17) is 0 Å². The van der Waals surface area contributed by atoms with Crippen LogP contribution in [-0.4, -0.2) is 36.6 Å². The number of hydrogen-bond donors (Lipinski definition) is 1. The SMILES string of the molecule is CNCC1CCN(Cc2scnc2C)C1.Cl. The summed E-state index contributed by atoms with van der Waals surface area (Å²) in [5.41, 5.74) is 3.16. The van der Waals surface area contributed by atoms with E-state index in [0.29, 0.717) is 0 Å². The molecule has 0 spiro atoms. The number of hydrogen-bond acceptors (Lipinski definition) is 4. The topological polar surface area (TPSA) is 28.2 Å². The molecule has 3 nitrogen and oxygen atoms in total. The highest BCUT2D eigenvalue weighted by Crippen LogP contribution is 2.21. The molecule has 92 valence electrons. The molecule has 2 rings (SSSR count). The first-order valence-corrected chi connectivity index (χ1v) is 6.43. The van der Waals surface area contributed by atoms with Crippen LogP contribution in [0.15, 0.2) is 5.51 Å². The van der Waals surface area contributed by atoms with Crippen LogP contribution in [0.3, 0.4) is 0 Å². The van der Waals surface area contributed by atoms with Gasteiger partial charge in [-0.25, -0.2) is 4.98 Å². The summed E-state index contributed by atoms with van der Waals surface area (Å²) >= 11 is 1.78. The largest absolute Gasteiger partial charge is 0.319 e. The van der Waals surface area contributed by atoms with Gasteiger partial charge in [0.15, 0.2) is 0 Å². The van der Waals surface area contributed by atoms with Crippen molar-refractivity contribution in [3.8, 4) is 0 Å². The Bertz CT molecular complexity index is 316. The summed E-state index contributed by atoms with van der Waals surface area (Å²) in [7, 11) is 2.04. The highest BCUT2D eigenvalue weighted by Gasteiger charge is 2.22. The Balaban J connectivity index is 0.00000128. The summed E-state index contributed by atoms with van der Waals surface area (Å²) in [4.78, 5) is 8.27. The Morgan fingerprint density at radius 3 is 3.06 bits per heavy atom. The minimum atomic E-state index is 0. The second-order valence-corrected chi connectivity index (χ2v) is 5.25. The monoisotopic (exact) mass is 261 g/mol. The van der Waals surface area contributed by atoms with E-state index in [-0.39, 0.29) is 12.4 Å². The van der Waals surface area contributed by atoms with E-state index in [0.717, 1.165) is 19.0 Å². The lowest BCUT2D eigenvalue weighted by atomic mass is 10.1. The van der Waals surface area contributed by atoms with Crippen molar-refractivity contribution >= 4 is 23.7 Å². The molecule has 1 N–H and O–H groups in total. The van der Waals surface area contributed by atoms with Gasteiger partial charge < -0.3 is 5.32 Å². The zero-order valence-electron chi connectivity index (χ0n) is 9.90. The second-order valence-electron chi connectivity index (χ2n) is 4.31. The van der Waals surface area contributed by atoms with Gasteiger partial charge in [0.05, 0.1) is 11.2 Å². The minimum absolute atomic E-state index is 0. The molecule has 2 heterocycles. The molecule has 1 fully saturated rings.